The highest BCUT2D eigenvalue weighted by Crippen LogP contribution is 2.19. The molecule has 1 aliphatic heterocycles. The lowest BCUT2D eigenvalue weighted by molar-refractivity contribution is -0.133. The molecule has 0 atom stereocenters. The number of carbonyl (C=O) groups excluding carboxylic acids is 2. The van der Waals surface area contributed by atoms with E-state index in [1.807, 2.05) is 25.7 Å². The molecule has 1 aliphatic rings. The van der Waals surface area contributed by atoms with Crippen LogP contribution in [0.3, 0.4) is 0 Å². The summed E-state index contributed by atoms with van der Waals surface area (Å²) in [6.07, 6.45) is 5.26. The van der Waals surface area contributed by atoms with Crippen LogP contribution in [0, 0.1) is 23.2 Å². The third-order valence-electron chi connectivity index (χ3n) is 4.80. The van der Waals surface area contributed by atoms with Gasteiger partial charge in [0.1, 0.15) is 5.78 Å². The van der Waals surface area contributed by atoms with E-state index in [9.17, 15) is 9.59 Å². The molecule has 1 amide bonds. The van der Waals surface area contributed by atoms with E-state index < -0.39 is 0 Å². The van der Waals surface area contributed by atoms with E-state index in [4.69, 9.17) is 0 Å². The lowest BCUT2D eigenvalue weighted by Crippen LogP contribution is -2.48. The fraction of sp³-hybridized carbons (Fsp3) is 0.818. The van der Waals surface area contributed by atoms with Gasteiger partial charge >= 0.3 is 0 Å². The van der Waals surface area contributed by atoms with Crippen molar-refractivity contribution in [2.45, 2.75) is 73.1 Å². The van der Waals surface area contributed by atoms with Gasteiger partial charge in [-0.25, -0.2) is 0 Å². The summed E-state index contributed by atoms with van der Waals surface area (Å²) >= 11 is 0. The van der Waals surface area contributed by atoms with Gasteiger partial charge < -0.3 is 4.90 Å². The number of amides is 1. The molecule has 0 saturated carbocycles. The maximum Gasteiger partial charge on any atom is 0.222 e. The van der Waals surface area contributed by atoms with Crippen LogP contribution >= 0.6 is 0 Å². The Kier molecular flexibility index (Phi) is 9.94. The number of Topliss-reactive ketones (excluding diaryl/α,β-unsaturated/α-hetero) is 1. The van der Waals surface area contributed by atoms with Crippen LogP contribution in [0.5, 0.6) is 0 Å². The van der Waals surface area contributed by atoms with Gasteiger partial charge in [-0.15, -0.1) is 0 Å². The molecule has 0 unspecified atom stereocenters. The number of nitrogens with zero attached hydrogens (tertiary/aromatic N) is 2. The number of hydrogen-bond donors (Lipinski definition) is 0. The van der Waals surface area contributed by atoms with Crippen molar-refractivity contribution in [3.8, 4) is 11.8 Å². The average Bonchev–Trinajstić information content (AvgIpc) is 2.57. The minimum absolute atomic E-state index is 0.224. The number of rotatable bonds is 8. The van der Waals surface area contributed by atoms with Crippen molar-refractivity contribution >= 4 is 11.7 Å². The largest absolute Gasteiger partial charge is 0.340 e. The molecule has 26 heavy (non-hydrogen) atoms. The van der Waals surface area contributed by atoms with E-state index in [-0.39, 0.29) is 11.3 Å². The van der Waals surface area contributed by atoms with Gasteiger partial charge in [-0.05, 0) is 12.8 Å². The molecule has 4 heteroatoms. The first-order chi connectivity index (χ1) is 12.2. The quantitative estimate of drug-likeness (QED) is 0.488. The second kappa shape index (κ2) is 11.4. The van der Waals surface area contributed by atoms with Crippen LogP contribution in [0.15, 0.2) is 0 Å². The number of unbranched alkanes of at least 4 members (excludes halogenated alkanes) is 3. The number of hydrogen-bond acceptors (Lipinski definition) is 3. The molecule has 0 bridgehead atoms. The van der Waals surface area contributed by atoms with Gasteiger partial charge in [-0.3, -0.25) is 14.5 Å². The molecular weight excluding hydrogens is 324 g/mol. The highest BCUT2D eigenvalue weighted by Gasteiger charge is 2.21. The van der Waals surface area contributed by atoms with Gasteiger partial charge in [0, 0.05) is 50.4 Å². The Morgan fingerprint density at radius 3 is 2.04 bits per heavy atom. The second-order valence-corrected chi connectivity index (χ2v) is 8.72. The lowest BCUT2D eigenvalue weighted by atomic mass is 9.88. The number of piperazine rings is 1. The molecule has 0 N–H and O–H groups in total. The summed E-state index contributed by atoms with van der Waals surface area (Å²) in [6, 6.07) is 0. The summed E-state index contributed by atoms with van der Waals surface area (Å²) in [5.41, 5.74) is -0.224. The molecule has 148 valence electrons. The molecule has 1 fully saturated rings. The molecule has 0 aromatic carbocycles. The van der Waals surface area contributed by atoms with E-state index in [0.29, 0.717) is 24.5 Å². The van der Waals surface area contributed by atoms with E-state index >= 15 is 0 Å². The highest BCUT2D eigenvalue weighted by atomic mass is 16.2. The van der Waals surface area contributed by atoms with Gasteiger partial charge in [0.25, 0.3) is 0 Å². The third-order valence-corrected chi connectivity index (χ3v) is 4.80. The molecule has 1 heterocycles. The molecular formula is C22H38N2O2. The lowest BCUT2D eigenvalue weighted by Gasteiger charge is -2.33. The maximum atomic E-state index is 12.3. The monoisotopic (exact) mass is 362 g/mol. The molecule has 0 aromatic rings. The van der Waals surface area contributed by atoms with Crippen molar-refractivity contribution in [2.75, 3.05) is 32.7 Å². The van der Waals surface area contributed by atoms with Gasteiger partial charge in [-0.2, -0.15) is 0 Å². The van der Waals surface area contributed by atoms with Crippen LogP contribution in [-0.2, 0) is 9.59 Å². The Morgan fingerprint density at radius 1 is 0.923 bits per heavy atom. The summed E-state index contributed by atoms with van der Waals surface area (Å²) in [7, 11) is 0. The van der Waals surface area contributed by atoms with Crippen LogP contribution < -0.4 is 0 Å². The highest BCUT2D eigenvalue weighted by molar-refractivity contribution is 5.83. The van der Waals surface area contributed by atoms with Crippen molar-refractivity contribution in [2.24, 2.45) is 11.3 Å². The van der Waals surface area contributed by atoms with Crippen molar-refractivity contribution in [3.63, 3.8) is 0 Å². The van der Waals surface area contributed by atoms with Gasteiger partial charge in [-0.1, -0.05) is 59.3 Å². The molecule has 0 radical (unpaired) electrons. The molecule has 0 aromatic heterocycles. The van der Waals surface area contributed by atoms with E-state index in [1.54, 1.807) is 0 Å². The zero-order valence-electron chi connectivity index (χ0n) is 17.6. The fourth-order valence-corrected chi connectivity index (χ4v) is 2.97. The van der Waals surface area contributed by atoms with Gasteiger partial charge in [0.05, 0.1) is 6.54 Å². The maximum absolute atomic E-state index is 12.3. The van der Waals surface area contributed by atoms with Crippen molar-refractivity contribution in [1.29, 1.82) is 0 Å². The van der Waals surface area contributed by atoms with Crippen LogP contribution in [0.2, 0.25) is 0 Å². The normalized spacial score (nSPS) is 15.7. The van der Waals surface area contributed by atoms with Crippen LogP contribution in [0.4, 0.5) is 0 Å². The summed E-state index contributed by atoms with van der Waals surface area (Å²) in [6.45, 7) is 14.4. The van der Waals surface area contributed by atoms with E-state index in [0.717, 1.165) is 58.4 Å². The minimum Gasteiger partial charge on any atom is -0.340 e. The predicted molar refractivity (Wildman–Crippen MR) is 108 cm³/mol. The molecule has 4 nitrogen and oxygen atoms in total. The zero-order chi connectivity index (χ0) is 19.6. The standard InChI is InChI=1S/C22H38N2O2/c1-19(2)11-10-14-23-15-17-24(18-16-23)21(26)13-9-7-6-8-12-20(25)22(3,4)5/h19H,6-9,12-18H2,1-5H3. The molecule has 0 spiro atoms. The molecule has 1 saturated heterocycles. The Balaban J connectivity index is 2.10. The first-order valence-electron chi connectivity index (χ1n) is 10.2. The molecule has 0 aliphatic carbocycles. The Labute approximate surface area is 160 Å². The summed E-state index contributed by atoms with van der Waals surface area (Å²) in [4.78, 5) is 28.5. The van der Waals surface area contributed by atoms with Crippen LogP contribution in [-0.4, -0.2) is 54.2 Å². The van der Waals surface area contributed by atoms with Crippen molar-refractivity contribution in [3.05, 3.63) is 0 Å². The fourth-order valence-electron chi connectivity index (χ4n) is 2.97. The van der Waals surface area contributed by atoms with E-state index in [2.05, 4.69) is 30.6 Å². The Morgan fingerprint density at radius 2 is 1.50 bits per heavy atom. The van der Waals surface area contributed by atoms with Crippen LogP contribution in [0.25, 0.3) is 0 Å². The number of ketones is 1. The zero-order valence-corrected chi connectivity index (χ0v) is 17.6. The topological polar surface area (TPSA) is 40.6 Å². The van der Waals surface area contributed by atoms with E-state index in [1.165, 1.54) is 0 Å². The van der Waals surface area contributed by atoms with Gasteiger partial charge in [0.2, 0.25) is 5.91 Å². The van der Waals surface area contributed by atoms with Crippen molar-refractivity contribution < 1.29 is 9.59 Å². The summed E-state index contributed by atoms with van der Waals surface area (Å²) in [5.74, 6) is 7.45. The SMILES string of the molecule is CC(C)C#CCN1CCN(C(=O)CCCCCCC(=O)C(C)(C)C)CC1. The molecule has 1 rings (SSSR count). The summed E-state index contributed by atoms with van der Waals surface area (Å²) < 4.78 is 0. The third kappa shape index (κ3) is 9.38. The predicted octanol–water partition coefficient (Wildman–Crippen LogP) is 3.75. The first-order valence-corrected chi connectivity index (χ1v) is 10.2. The van der Waals surface area contributed by atoms with Gasteiger partial charge in [0.15, 0.2) is 0 Å². The number of carbonyl (C=O) groups is 2. The smallest absolute Gasteiger partial charge is 0.222 e. The minimum atomic E-state index is -0.224. The second-order valence-electron chi connectivity index (χ2n) is 8.72. The Hall–Kier alpha value is -1.34. The van der Waals surface area contributed by atoms with Crippen molar-refractivity contribution in [1.82, 2.24) is 9.80 Å². The average molecular weight is 363 g/mol. The summed E-state index contributed by atoms with van der Waals surface area (Å²) in [5, 5.41) is 0. The van der Waals surface area contributed by atoms with Crippen LogP contribution in [0.1, 0.15) is 73.1 Å². The Bertz CT molecular complexity index is 500. The first kappa shape index (κ1) is 22.7.